The number of benzene rings is 2. The highest BCUT2D eigenvalue weighted by Gasteiger charge is 2.12. The Hall–Kier alpha value is -2.68. The van der Waals surface area contributed by atoms with Crippen molar-refractivity contribution < 1.29 is 4.79 Å². The fourth-order valence-electron chi connectivity index (χ4n) is 2.48. The normalized spacial score (nSPS) is 10.6. The second-order valence-electron chi connectivity index (χ2n) is 5.33. The summed E-state index contributed by atoms with van der Waals surface area (Å²) in [6.45, 7) is 1.92. The quantitative estimate of drug-likeness (QED) is 0.724. The molecule has 110 valence electrons. The molecule has 0 bridgehead atoms. The summed E-state index contributed by atoms with van der Waals surface area (Å²) in [5.74, 6) is 0.0311. The van der Waals surface area contributed by atoms with Crippen molar-refractivity contribution in [3.8, 4) is 11.3 Å². The first-order valence-corrected chi connectivity index (χ1v) is 7.43. The van der Waals surface area contributed by atoms with Gasteiger partial charge < -0.3 is 0 Å². The molecule has 3 rings (SSSR count). The zero-order chi connectivity index (χ0) is 15.4. The molecule has 2 aromatic carbocycles. The Morgan fingerprint density at radius 3 is 2.32 bits per heavy atom. The average molecular weight is 290 g/mol. The van der Waals surface area contributed by atoms with Gasteiger partial charge in [0.1, 0.15) is 0 Å². The lowest BCUT2D eigenvalue weighted by atomic mass is 10.1. The van der Waals surface area contributed by atoms with E-state index < -0.39 is 0 Å². The van der Waals surface area contributed by atoms with E-state index >= 15 is 0 Å². The minimum atomic E-state index is 0.0311. The van der Waals surface area contributed by atoms with Crippen LogP contribution < -0.4 is 0 Å². The summed E-state index contributed by atoms with van der Waals surface area (Å²) in [5, 5.41) is 4.46. The highest BCUT2D eigenvalue weighted by Crippen LogP contribution is 2.18. The third-order valence-corrected chi connectivity index (χ3v) is 3.66. The lowest BCUT2D eigenvalue weighted by Gasteiger charge is -2.03. The summed E-state index contributed by atoms with van der Waals surface area (Å²) in [6, 6.07) is 21.9. The SMILES string of the molecule is Cc1cc(-c2ccccc2)nn1C(=O)CCc1ccccc1. The lowest BCUT2D eigenvalue weighted by molar-refractivity contribution is 0.0885. The molecule has 0 saturated heterocycles. The van der Waals surface area contributed by atoms with Gasteiger partial charge in [-0.3, -0.25) is 4.79 Å². The van der Waals surface area contributed by atoms with Crippen LogP contribution in [0.5, 0.6) is 0 Å². The van der Waals surface area contributed by atoms with Crippen LogP contribution >= 0.6 is 0 Å². The van der Waals surface area contributed by atoms with Crippen LogP contribution in [0.2, 0.25) is 0 Å². The van der Waals surface area contributed by atoms with Crippen molar-refractivity contribution in [2.45, 2.75) is 19.8 Å². The van der Waals surface area contributed by atoms with Crippen LogP contribution in [0.25, 0.3) is 11.3 Å². The standard InChI is InChI=1S/C19H18N2O/c1-15-14-18(17-10-6-3-7-11-17)20-21(15)19(22)13-12-16-8-4-2-5-9-16/h2-11,14H,12-13H2,1H3. The summed E-state index contributed by atoms with van der Waals surface area (Å²) in [5.41, 5.74) is 3.91. The molecule has 1 heterocycles. The van der Waals surface area contributed by atoms with Crippen LogP contribution in [0.3, 0.4) is 0 Å². The van der Waals surface area contributed by atoms with Crippen molar-refractivity contribution in [2.75, 3.05) is 0 Å². The van der Waals surface area contributed by atoms with Crippen molar-refractivity contribution in [1.82, 2.24) is 9.78 Å². The van der Waals surface area contributed by atoms with Gasteiger partial charge in [0, 0.05) is 17.7 Å². The van der Waals surface area contributed by atoms with Gasteiger partial charge in [0.2, 0.25) is 5.91 Å². The molecule has 1 aromatic heterocycles. The third-order valence-electron chi connectivity index (χ3n) is 3.66. The molecule has 0 aliphatic heterocycles. The van der Waals surface area contributed by atoms with Crippen molar-refractivity contribution in [3.63, 3.8) is 0 Å². The minimum Gasteiger partial charge on any atom is -0.273 e. The van der Waals surface area contributed by atoms with Crippen LogP contribution in [0, 0.1) is 6.92 Å². The molecule has 0 aliphatic carbocycles. The molecule has 0 saturated carbocycles. The Morgan fingerprint density at radius 2 is 1.64 bits per heavy atom. The maximum atomic E-state index is 12.4. The summed E-state index contributed by atoms with van der Waals surface area (Å²) in [7, 11) is 0. The molecule has 0 N–H and O–H groups in total. The van der Waals surface area contributed by atoms with Crippen LogP contribution in [-0.2, 0) is 6.42 Å². The van der Waals surface area contributed by atoms with Crippen molar-refractivity contribution in [3.05, 3.63) is 78.0 Å². The predicted molar refractivity (Wildman–Crippen MR) is 87.8 cm³/mol. The number of hydrogen-bond acceptors (Lipinski definition) is 2. The average Bonchev–Trinajstić information content (AvgIpc) is 2.96. The minimum absolute atomic E-state index is 0.0311. The molecule has 0 aliphatic rings. The van der Waals surface area contributed by atoms with E-state index in [0.717, 1.165) is 23.4 Å². The Bertz CT molecular complexity index is 761. The predicted octanol–water partition coefficient (Wildman–Crippen LogP) is 4.13. The monoisotopic (exact) mass is 290 g/mol. The number of hydrogen-bond donors (Lipinski definition) is 0. The van der Waals surface area contributed by atoms with Gasteiger partial charge >= 0.3 is 0 Å². The molecule has 3 heteroatoms. The van der Waals surface area contributed by atoms with Gasteiger partial charge in [-0.2, -0.15) is 5.10 Å². The Kier molecular flexibility index (Phi) is 4.15. The highest BCUT2D eigenvalue weighted by atomic mass is 16.2. The van der Waals surface area contributed by atoms with Crippen molar-refractivity contribution in [2.24, 2.45) is 0 Å². The summed E-state index contributed by atoms with van der Waals surface area (Å²) in [4.78, 5) is 12.4. The second kappa shape index (κ2) is 6.39. The lowest BCUT2D eigenvalue weighted by Crippen LogP contribution is -2.14. The van der Waals surface area contributed by atoms with Crippen LogP contribution in [-0.4, -0.2) is 15.7 Å². The third kappa shape index (κ3) is 3.14. The molecule has 22 heavy (non-hydrogen) atoms. The van der Waals surface area contributed by atoms with Gasteiger partial charge in [0.25, 0.3) is 0 Å². The van der Waals surface area contributed by atoms with Gasteiger partial charge in [-0.15, -0.1) is 0 Å². The maximum absolute atomic E-state index is 12.4. The molecule has 0 amide bonds. The van der Waals surface area contributed by atoms with E-state index in [9.17, 15) is 4.79 Å². The Morgan fingerprint density at radius 1 is 1.00 bits per heavy atom. The molecule has 0 atom stereocenters. The molecule has 0 spiro atoms. The van der Waals surface area contributed by atoms with E-state index in [0.29, 0.717) is 6.42 Å². The molecule has 0 fully saturated rings. The molecule has 0 unspecified atom stereocenters. The molecular weight excluding hydrogens is 272 g/mol. The second-order valence-corrected chi connectivity index (χ2v) is 5.33. The maximum Gasteiger partial charge on any atom is 0.247 e. The first-order valence-electron chi connectivity index (χ1n) is 7.43. The van der Waals surface area contributed by atoms with Crippen LogP contribution in [0.4, 0.5) is 0 Å². The Balaban J connectivity index is 1.74. The highest BCUT2D eigenvalue weighted by molar-refractivity contribution is 5.80. The van der Waals surface area contributed by atoms with Gasteiger partial charge in [0.05, 0.1) is 5.69 Å². The number of carbonyl (C=O) groups excluding carboxylic acids is 1. The first kappa shape index (κ1) is 14.3. The van der Waals surface area contributed by atoms with E-state index in [2.05, 4.69) is 5.10 Å². The number of aryl methyl sites for hydroxylation is 2. The topological polar surface area (TPSA) is 34.9 Å². The molecule has 3 nitrogen and oxygen atoms in total. The van der Waals surface area contributed by atoms with Crippen molar-refractivity contribution >= 4 is 5.91 Å². The molecule has 0 radical (unpaired) electrons. The van der Waals surface area contributed by atoms with Gasteiger partial charge in [-0.25, -0.2) is 4.68 Å². The molecular formula is C19H18N2O. The number of nitrogens with zero attached hydrogens (tertiary/aromatic N) is 2. The van der Waals surface area contributed by atoms with Crippen LogP contribution in [0.15, 0.2) is 66.7 Å². The van der Waals surface area contributed by atoms with E-state index in [1.807, 2.05) is 73.7 Å². The smallest absolute Gasteiger partial charge is 0.247 e. The zero-order valence-electron chi connectivity index (χ0n) is 12.6. The number of rotatable bonds is 4. The largest absolute Gasteiger partial charge is 0.273 e. The number of carbonyl (C=O) groups is 1. The first-order chi connectivity index (χ1) is 10.7. The van der Waals surface area contributed by atoms with Gasteiger partial charge in [-0.1, -0.05) is 60.7 Å². The number of aromatic nitrogens is 2. The van der Waals surface area contributed by atoms with Crippen molar-refractivity contribution in [1.29, 1.82) is 0 Å². The summed E-state index contributed by atoms with van der Waals surface area (Å²) < 4.78 is 1.52. The molecule has 3 aromatic rings. The van der Waals surface area contributed by atoms with Crippen LogP contribution in [0.1, 0.15) is 22.5 Å². The van der Waals surface area contributed by atoms with E-state index in [-0.39, 0.29) is 5.91 Å². The summed E-state index contributed by atoms with van der Waals surface area (Å²) in [6.07, 6.45) is 1.19. The van der Waals surface area contributed by atoms with Gasteiger partial charge in [-0.05, 0) is 25.0 Å². The zero-order valence-corrected chi connectivity index (χ0v) is 12.6. The fourth-order valence-corrected chi connectivity index (χ4v) is 2.48. The Labute approximate surface area is 130 Å². The summed E-state index contributed by atoms with van der Waals surface area (Å²) >= 11 is 0. The van der Waals surface area contributed by atoms with E-state index in [1.54, 1.807) is 0 Å². The van der Waals surface area contributed by atoms with E-state index in [4.69, 9.17) is 0 Å². The van der Waals surface area contributed by atoms with E-state index in [1.165, 1.54) is 10.2 Å². The van der Waals surface area contributed by atoms with Gasteiger partial charge in [0.15, 0.2) is 0 Å². The fraction of sp³-hybridized carbons (Fsp3) is 0.158.